The highest BCUT2D eigenvalue weighted by molar-refractivity contribution is 8.76. The molecule has 0 spiro atoms. The van der Waals surface area contributed by atoms with Crippen LogP contribution in [0.15, 0.2) is 30.5 Å². The maximum Gasteiger partial charge on any atom is 0.419 e. The third-order valence-electron chi connectivity index (χ3n) is 9.85. The molecule has 1 aromatic heterocycles. The minimum Gasteiger partial charge on any atom is -0.481 e. The van der Waals surface area contributed by atoms with Gasteiger partial charge in [0.15, 0.2) is 0 Å². The molecule has 61 heavy (non-hydrogen) atoms. The fourth-order valence-corrected chi connectivity index (χ4v) is 9.06. The number of nitrogens with zero attached hydrogens (tertiary/aromatic N) is 2. The molecule has 0 saturated carbocycles. The van der Waals surface area contributed by atoms with Gasteiger partial charge in [0.25, 0.3) is 0 Å². The molecule has 8 N–H and O–H groups in total. The van der Waals surface area contributed by atoms with Crippen molar-refractivity contribution in [2.24, 2.45) is 5.73 Å². The highest BCUT2D eigenvalue weighted by Crippen LogP contribution is 2.27. The summed E-state index contributed by atoms with van der Waals surface area (Å²) in [6.07, 6.45) is 2.74. The zero-order valence-corrected chi connectivity index (χ0v) is 36.4. The van der Waals surface area contributed by atoms with Crippen LogP contribution in [0, 0.1) is 0 Å². The van der Waals surface area contributed by atoms with E-state index in [1.807, 2.05) is 6.92 Å². The minimum absolute atomic E-state index is 0.0110. The molecule has 5 unspecified atom stereocenters. The van der Waals surface area contributed by atoms with Crippen LogP contribution in [-0.4, -0.2) is 128 Å². The Labute approximate surface area is 361 Å². The first-order valence-corrected chi connectivity index (χ1v) is 22.7. The van der Waals surface area contributed by atoms with E-state index in [-0.39, 0.29) is 43.7 Å². The Morgan fingerprint density at radius 1 is 0.902 bits per heavy atom. The van der Waals surface area contributed by atoms with Crippen LogP contribution in [-0.2, 0) is 49.5 Å². The largest absolute Gasteiger partial charge is 0.481 e. The van der Waals surface area contributed by atoms with Gasteiger partial charge in [-0.3, -0.25) is 42.9 Å². The van der Waals surface area contributed by atoms with Gasteiger partial charge in [0.1, 0.15) is 35.8 Å². The predicted octanol–water partition coefficient (Wildman–Crippen LogP) is 1.34. The molecular formula is C40H56N8O11S2. The topological polar surface area (TPSA) is 277 Å². The zero-order chi connectivity index (χ0) is 44.9. The molecule has 2 aromatic rings. The molecule has 1 aromatic carbocycles. The van der Waals surface area contributed by atoms with Crippen LogP contribution in [0.2, 0.25) is 0 Å². The summed E-state index contributed by atoms with van der Waals surface area (Å²) < 4.78 is 6.88. The number of ether oxygens (including phenoxy) is 1. The first kappa shape index (κ1) is 48.4. The summed E-state index contributed by atoms with van der Waals surface area (Å²) in [5.41, 5.74) is 5.67. The Morgan fingerprint density at radius 3 is 2.31 bits per heavy atom. The van der Waals surface area contributed by atoms with Crippen LogP contribution >= 0.6 is 21.6 Å². The lowest BCUT2D eigenvalue weighted by atomic mass is 10.0. The van der Waals surface area contributed by atoms with Crippen molar-refractivity contribution >= 4 is 85.9 Å². The Hall–Kier alpha value is -5.31. The molecule has 2 aliphatic rings. The summed E-state index contributed by atoms with van der Waals surface area (Å²) in [4.78, 5) is 121. The summed E-state index contributed by atoms with van der Waals surface area (Å²) in [6, 6.07) is 0.405. The molecule has 19 nitrogen and oxygen atoms in total. The molecule has 2 aliphatic heterocycles. The number of carboxylic acid groups (broad SMARTS) is 1. The summed E-state index contributed by atoms with van der Waals surface area (Å²) in [5.74, 6) is -6.38. The second-order valence-electron chi connectivity index (χ2n) is 15.8. The van der Waals surface area contributed by atoms with Crippen LogP contribution in [0.3, 0.4) is 0 Å². The molecule has 0 aliphatic carbocycles. The fourth-order valence-electron chi connectivity index (χ4n) is 6.90. The molecule has 7 amide bonds. The number of para-hydroxylation sites is 1. The zero-order valence-electron chi connectivity index (χ0n) is 34.8. The van der Waals surface area contributed by atoms with Gasteiger partial charge in [0.05, 0.1) is 18.5 Å². The van der Waals surface area contributed by atoms with Gasteiger partial charge in [-0.1, -0.05) is 66.0 Å². The number of unbranched alkanes of at least 4 members (excludes halogenated alkanes) is 2. The van der Waals surface area contributed by atoms with Gasteiger partial charge < -0.3 is 47.1 Å². The SMILES string of the molecule is CCCCCC1NC(=O)CCSSCC(C(N)=O)NC(=O)C2CCCN2C(=O)C(Cc2cn(C(=O)OC(C)(C)C)c3ccccc23)NC(=O)C(CC(=O)O)NC(=O)CNC1=O. The van der Waals surface area contributed by atoms with Crippen molar-refractivity contribution in [2.45, 2.75) is 121 Å². The number of carbonyl (C=O) groups is 9. The van der Waals surface area contributed by atoms with Crippen molar-refractivity contribution in [3.8, 4) is 0 Å². The van der Waals surface area contributed by atoms with Crippen LogP contribution in [0.25, 0.3) is 10.9 Å². The summed E-state index contributed by atoms with van der Waals surface area (Å²) in [7, 11) is 2.46. The van der Waals surface area contributed by atoms with Gasteiger partial charge in [0.2, 0.25) is 41.4 Å². The van der Waals surface area contributed by atoms with E-state index in [2.05, 4.69) is 26.6 Å². The highest BCUT2D eigenvalue weighted by atomic mass is 33.1. The first-order chi connectivity index (χ1) is 28.9. The lowest BCUT2D eigenvalue weighted by molar-refractivity contribution is -0.143. The second-order valence-corrected chi connectivity index (χ2v) is 18.5. The monoisotopic (exact) mass is 888 g/mol. The molecule has 5 atom stereocenters. The van der Waals surface area contributed by atoms with Gasteiger partial charge in [-0.05, 0) is 51.7 Å². The highest BCUT2D eigenvalue weighted by Gasteiger charge is 2.40. The van der Waals surface area contributed by atoms with Crippen molar-refractivity contribution in [1.82, 2.24) is 36.1 Å². The van der Waals surface area contributed by atoms with E-state index in [4.69, 9.17) is 10.5 Å². The molecule has 21 heteroatoms. The molecule has 2 saturated heterocycles. The van der Waals surface area contributed by atoms with Crippen molar-refractivity contribution in [2.75, 3.05) is 24.6 Å². The number of carbonyl (C=O) groups excluding carboxylic acids is 8. The van der Waals surface area contributed by atoms with E-state index >= 15 is 0 Å². The second kappa shape index (κ2) is 22.5. The fraction of sp³-hybridized carbons (Fsp3) is 0.575. The molecule has 0 bridgehead atoms. The average molecular weight is 889 g/mol. The van der Waals surface area contributed by atoms with Crippen LogP contribution in [0.4, 0.5) is 4.79 Å². The van der Waals surface area contributed by atoms with Gasteiger partial charge >= 0.3 is 12.1 Å². The molecular weight excluding hydrogens is 833 g/mol. The van der Waals surface area contributed by atoms with Crippen molar-refractivity contribution in [3.05, 3.63) is 36.0 Å². The third kappa shape index (κ3) is 14.4. The van der Waals surface area contributed by atoms with E-state index < -0.39 is 102 Å². The maximum atomic E-state index is 14.6. The molecule has 3 heterocycles. The third-order valence-corrected chi connectivity index (χ3v) is 12.3. The number of benzene rings is 1. The van der Waals surface area contributed by atoms with E-state index in [1.54, 1.807) is 45.0 Å². The number of rotatable bonds is 9. The molecule has 4 rings (SSSR count). The van der Waals surface area contributed by atoms with Crippen molar-refractivity contribution in [3.63, 3.8) is 0 Å². The van der Waals surface area contributed by atoms with Crippen LogP contribution < -0.4 is 32.3 Å². The number of nitrogens with one attached hydrogen (secondary N) is 5. The van der Waals surface area contributed by atoms with Crippen LogP contribution in [0.1, 0.15) is 84.6 Å². The molecule has 334 valence electrons. The normalized spacial score (nSPS) is 23.2. The lowest BCUT2D eigenvalue weighted by Gasteiger charge is -2.30. The first-order valence-electron chi connectivity index (χ1n) is 20.2. The smallest absolute Gasteiger partial charge is 0.419 e. The van der Waals surface area contributed by atoms with Gasteiger partial charge in [-0.25, -0.2) is 4.79 Å². The Balaban J connectivity index is 1.72. The number of nitrogens with two attached hydrogens (primary N) is 1. The Morgan fingerprint density at radius 2 is 1.62 bits per heavy atom. The molecule has 2 fully saturated rings. The number of fused-ring (bicyclic) bond motifs is 2. The number of primary amides is 1. The summed E-state index contributed by atoms with van der Waals surface area (Å²) in [6.45, 7) is 6.52. The number of hydrogen-bond acceptors (Lipinski definition) is 12. The maximum absolute atomic E-state index is 14.6. The van der Waals surface area contributed by atoms with E-state index in [1.165, 1.54) is 37.3 Å². The van der Waals surface area contributed by atoms with Crippen molar-refractivity contribution in [1.29, 1.82) is 0 Å². The number of aromatic nitrogens is 1. The summed E-state index contributed by atoms with van der Waals surface area (Å²) >= 11 is 0. The Kier molecular flexibility index (Phi) is 17.8. The van der Waals surface area contributed by atoms with E-state index in [0.717, 1.165) is 12.8 Å². The number of amides is 7. The minimum atomic E-state index is -1.73. The Bertz CT molecular complexity index is 1970. The number of aliphatic carboxylic acids is 1. The standard InChI is InChI=1S/C40H56N8O11S2/c1-5-6-7-12-25-35(54)42-20-32(50)44-26(19-33(51)52)36(55)45-27(18-23-21-48(39(58)59-40(2,3)4)29-13-9-8-11-24(23)29)38(57)47-16-10-14-30(47)37(56)46-28(34(41)53)22-61-60-17-15-31(49)43-25/h8-9,11,13,21,25-28,30H,5-7,10,12,14-20,22H2,1-4H3,(H2,41,53)(H,42,54)(H,43,49)(H,44,50)(H,45,55)(H,46,56)(H,51,52). The number of carboxylic acids is 1. The van der Waals surface area contributed by atoms with E-state index in [0.29, 0.717) is 29.3 Å². The van der Waals surface area contributed by atoms with Crippen LogP contribution in [0.5, 0.6) is 0 Å². The van der Waals surface area contributed by atoms with Gasteiger partial charge in [-0.2, -0.15) is 0 Å². The molecule has 0 radical (unpaired) electrons. The summed E-state index contributed by atoms with van der Waals surface area (Å²) in [5, 5.41) is 23.0. The number of hydrogen-bond donors (Lipinski definition) is 7. The predicted molar refractivity (Wildman–Crippen MR) is 228 cm³/mol. The van der Waals surface area contributed by atoms with E-state index in [9.17, 15) is 48.3 Å². The average Bonchev–Trinajstić information content (AvgIpc) is 3.83. The quantitative estimate of drug-likeness (QED) is 0.139. The van der Waals surface area contributed by atoms with Gasteiger partial charge in [0, 0.05) is 42.5 Å². The van der Waals surface area contributed by atoms with Gasteiger partial charge in [-0.15, -0.1) is 0 Å². The lowest BCUT2D eigenvalue weighted by Crippen LogP contribution is -2.59. The van der Waals surface area contributed by atoms with Crippen molar-refractivity contribution < 1.29 is 53.0 Å².